The minimum Gasteiger partial charge on any atom is -0.330 e. The van der Waals surface area contributed by atoms with Crippen molar-refractivity contribution in [2.75, 3.05) is 13.1 Å². The predicted octanol–water partition coefficient (Wildman–Crippen LogP) is 2.67. The molecule has 0 amide bonds. The van der Waals surface area contributed by atoms with Crippen LogP contribution in [0.1, 0.15) is 25.3 Å². The van der Waals surface area contributed by atoms with Crippen molar-refractivity contribution in [2.24, 2.45) is 16.6 Å². The van der Waals surface area contributed by atoms with Gasteiger partial charge in [-0.15, -0.1) is 0 Å². The molecule has 0 heterocycles. The number of nitrogens with zero attached hydrogens (tertiary/aromatic N) is 1. The number of benzene rings is 1. The van der Waals surface area contributed by atoms with Gasteiger partial charge in [0, 0.05) is 6.54 Å². The lowest BCUT2D eigenvalue weighted by Crippen LogP contribution is -2.12. The van der Waals surface area contributed by atoms with Crippen molar-refractivity contribution in [1.82, 2.24) is 0 Å². The van der Waals surface area contributed by atoms with Crippen molar-refractivity contribution >= 4 is 6.21 Å². The quantitative estimate of drug-likeness (QED) is 0.702. The maximum absolute atomic E-state index is 5.65. The van der Waals surface area contributed by atoms with Crippen LogP contribution in [0.2, 0.25) is 0 Å². The molecule has 1 rings (SSSR count). The van der Waals surface area contributed by atoms with Gasteiger partial charge in [-0.05, 0) is 50.4 Å². The van der Waals surface area contributed by atoms with Crippen molar-refractivity contribution in [3.8, 4) is 0 Å². The molecule has 1 atom stereocenters. The molecule has 0 fully saturated rings. The summed E-state index contributed by atoms with van der Waals surface area (Å²) >= 11 is 0. The van der Waals surface area contributed by atoms with E-state index in [4.69, 9.17) is 5.73 Å². The molecular formula is C14H22N2. The van der Waals surface area contributed by atoms with Crippen LogP contribution < -0.4 is 5.73 Å². The summed E-state index contributed by atoms with van der Waals surface area (Å²) in [6.45, 7) is 3.66. The van der Waals surface area contributed by atoms with E-state index in [0.717, 1.165) is 32.4 Å². The summed E-state index contributed by atoms with van der Waals surface area (Å²) in [6.07, 6.45) is 5.23. The number of hydrogen-bond donors (Lipinski definition) is 1. The molecule has 2 heteroatoms. The third-order valence-corrected chi connectivity index (χ3v) is 2.79. The van der Waals surface area contributed by atoms with Gasteiger partial charge in [0.25, 0.3) is 0 Å². The lowest BCUT2D eigenvalue weighted by molar-refractivity contribution is 0.461. The first-order valence-corrected chi connectivity index (χ1v) is 6.05. The average molecular weight is 218 g/mol. The molecule has 0 aromatic heterocycles. The molecule has 0 spiro atoms. The first-order chi connectivity index (χ1) is 7.86. The Balaban J connectivity index is 2.44. The number of nitrogens with two attached hydrogens (primary N) is 1. The fourth-order valence-electron chi connectivity index (χ4n) is 1.92. The third-order valence-electron chi connectivity index (χ3n) is 2.79. The Morgan fingerprint density at radius 1 is 1.25 bits per heavy atom. The highest BCUT2D eigenvalue weighted by Crippen LogP contribution is 2.15. The van der Waals surface area contributed by atoms with Crippen LogP contribution in [0.15, 0.2) is 35.3 Å². The third kappa shape index (κ3) is 5.08. The topological polar surface area (TPSA) is 38.4 Å². The van der Waals surface area contributed by atoms with Gasteiger partial charge in [-0.1, -0.05) is 30.3 Å². The summed E-state index contributed by atoms with van der Waals surface area (Å²) in [4.78, 5) is 4.27. The van der Waals surface area contributed by atoms with Crippen molar-refractivity contribution in [3.63, 3.8) is 0 Å². The highest BCUT2D eigenvalue weighted by atomic mass is 14.7. The lowest BCUT2D eigenvalue weighted by Gasteiger charge is -2.14. The van der Waals surface area contributed by atoms with Crippen LogP contribution in [0.4, 0.5) is 0 Å². The second kappa shape index (κ2) is 8.05. The maximum Gasteiger partial charge on any atom is 0.0388 e. The summed E-state index contributed by atoms with van der Waals surface area (Å²) in [5.74, 6) is 0.663. The predicted molar refractivity (Wildman–Crippen MR) is 71.0 cm³/mol. The Morgan fingerprint density at radius 2 is 2.00 bits per heavy atom. The molecule has 0 bridgehead atoms. The number of rotatable bonds is 7. The van der Waals surface area contributed by atoms with Gasteiger partial charge in [0.05, 0.1) is 0 Å². The molecule has 88 valence electrons. The van der Waals surface area contributed by atoms with Crippen LogP contribution in [0, 0.1) is 5.92 Å². The molecule has 0 aliphatic heterocycles. The molecular weight excluding hydrogens is 196 g/mol. The zero-order chi connectivity index (χ0) is 11.6. The maximum atomic E-state index is 5.65. The van der Waals surface area contributed by atoms with E-state index in [-0.39, 0.29) is 0 Å². The van der Waals surface area contributed by atoms with E-state index in [1.165, 1.54) is 5.56 Å². The van der Waals surface area contributed by atoms with Crippen LogP contribution in [-0.4, -0.2) is 19.3 Å². The minimum atomic E-state index is 0.663. The van der Waals surface area contributed by atoms with E-state index >= 15 is 0 Å². The molecule has 0 radical (unpaired) electrons. The van der Waals surface area contributed by atoms with Crippen molar-refractivity contribution in [1.29, 1.82) is 0 Å². The van der Waals surface area contributed by atoms with Gasteiger partial charge in [0.15, 0.2) is 0 Å². The lowest BCUT2D eigenvalue weighted by atomic mass is 9.93. The minimum absolute atomic E-state index is 0.663. The Labute approximate surface area is 98.6 Å². The first-order valence-electron chi connectivity index (χ1n) is 6.05. The summed E-state index contributed by atoms with van der Waals surface area (Å²) in [6, 6.07) is 10.6. The largest absolute Gasteiger partial charge is 0.330 e. The summed E-state index contributed by atoms with van der Waals surface area (Å²) in [7, 11) is 0. The van der Waals surface area contributed by atoms with E-state index in [2.05, 4.69) is 35.3 Å². The summed E-state index contributed by atoms with van der Waals surface area (Å²) in [5, 5.41) is 0. The van der Waals surface area contributed by atoms with Gasteiger partial charge in [-0.2, -0.15) is 0 Å². The first kappa shape index (κ1) is 12.9. The summed E-state index contributed by atoms with van der Waals surface area (Å²) < 4.78 is 0. The standard InChI is InChI=1S/C14H22N2/c1-2-16-11-9-14(8-10-15)12-13-6-4-3-5-7-13/h2-7,14H,8-12,15H2,1H3. The van der Waals surface area contributed by atoms with Crippen molar-refractivity contribution in [2.45, 2.75) is 26.2 Å². The highest BCUT2D eigenvalue weighted by Gasteiger charge is 2.08. The normalized spacial score (nSPS) is 13.1. The zero-order valence-electron chi connectivity index (χ0n) is 10.1. The van der Waals surface area contributed by atoms with Crippen LogP contribution in [-0.2, 0) is 6.42 Å². The van der Waals surface area contributed by atoms with E-state index in [9.17, 15) is 0 Å². The molecule has 16 heavy (non-hydrogen) atoms. The molecule has 0 saturated heterocycles. The molecule has 2 nitrogen and oxygen atoms in total. The summed E-state index contributed by atoms with van der Waals surface area (Å²) in [5.41, 5.74) is 7.05. The fourth-order valence-corrected chi connectivity index (χ4v) is 1.92. The Morgan fingerprint density at radius 3 is 2.62 bits per heavy atom. The molecule has 0 aliphatic carbocycles. The Bertz CT molecular complexity index is 293. The number of aliphatic imine (C=N–C) groups is 1. The zero-order valence-corrected chi connectivity index (χ0v) is 10.1. The van der Waals surface area contributed by atoms with E-state index in [0.29, 0.717) is 5.92 Å². The molecule has 1 aromatic carbocycles. The SMILES string of the molecule is CC=NCCC(CCN)Cc1ccccc1. The van der Waals surface area contributed by atoms with Crippen LogP contribution in [0.5, 0.6) is 0 Å². The molecule has 1 unspecified atom stereocenters. The van der Waals surface area contributed by atoms with E-state index in [1.807, 2.05) is 13.1 Å². The highest BCUT2D eigenvalue weighted by molar-refractivity contribution is 5.53. The molecule has 0 saturated carbocycles. The van der Waals surface area contributed by atoms with Crippen LogP contribution in [0.3, 0.4) is 0 Å². The second-order valence-electron chi connectivity index (χ2n) is 4.09. The van der Waals surface area contributed by atoms with E-state index in [1.54, 1.807) is 0 Å². The molecule has 0 aliphatic rings. The molecule has 2 N–H and O–H groups in total. The monoisotopic (exact) mass is 218 g/mol. The van der Waals surface area contributed by atoms with E-state index < -0.39 is 0 Å². The van der Waals surface area contributed by atoms with Crippen molar-refractivity contribution in [3.05, 3.63) is 35.9 Å². The van der Waals surface area contributed by atoms with Gasteiger partial charge in [-0.25, -0.2) is 0 Å². The van der Waals surface area contributed by atoms with Gasteiger partial charge >= 0.3 is 0 Å². The van der Waals surface area contributed by atoms with Gasteiger partial charge in [0.1, 0.15) is 0 Å². The molecule has 1 aromatic rings. The van der Waals surface area contributed by atoms with Crippen LogP contribution >= 0.6 is 0 Å². The average Bonchev–Trinajstić information content (AvgIpc) is 2.31. The Kier molecular flexibility index (Phi) is 6.50. The van der Waals surface area contributed by atoms with Gasteiger partial charge in [-0.3, -0.25) is 4.99 Å². The van der Waals surface area contributed by atoms with Crippen molar-refractivity contribution < 1.29 is 0 Å². The second-order valence-corrected chi connectivity index (χ2v) is 4.09. The fraction of sp³-hybridized carbons (Fsp3) is 0.500. The smallest absolute Gasteiger partial charge is 0.0388 e. The Hall–Kier alpha value is -1.15. The van der Waals surface area contributed by atoms with Gasteiger partial charge < -0.3 is 5.73 Å². The van der Waals surface area contributed by atoms with Gasteiger partial charge in [0.2, 0.25) is 0 Å². The number of hydrogen-bond acceptors (Lipinski definition) is 2. The van der Waals surface area contributed by atoms with Crippen LogP contribution in [0.25, 0.3) is 0 Å².